The van der Waals surface area contributed by atoms with E-state index in [2.05, 4.69) is 15.5 Å². The molecule has 5 nitrogen and oxygen atoms in total. The zero-order chi connectivity index (χ0) is 13.9. The number of aromatic nitrogens is 4. The van der Waals surface area contributed by atoms with Crippen LogP contribution in [0.5, 0.6) is 0 Å². The molecule has 3 rings (SSSR count). The van der Waals surface area contributed by atoms with Crippen LogP contribution >= 0.6 is 11.8 Å². The Labute approximate surface area is 120 Å². The van der Waals surface area contributed by atoms with Gasteiger partial charge >= 0.3 is 0 Å². The third-order valence-electron chi connectivity index (χ3n) is 3.57. The van der Waals surface area contributed by atoms with Gasteiger partial charge in [0.1, 0.15) is 5.82 Å². The first kappa shape index (κ1) is 13.4. The molecule has 1 fully saturated rings. The highest BCUT2D eigenvalue weighted by Crippen LogP contribution is 2.32. The topological polar surface area (TPSA) is 69.6 Å². The summed E-state index contributed by atoms with van der Waals surface area (Å²) in [7, 11) is 0. The summed E-state index contributed by atoms with van der Waals surface area (Å²) in [5, 5.41) is 12.6. The number of nitrogen functional groups attached to an aromatic ring is 1. The van der Waals surface area contributed by atoms with Crippen molar-refractivity contribution in [2.45, 2.75) is 42.6 Å². The van der Waals surface area contributed by atoms with Crippen LogP contribution in [-0.2, 0) is 5.75 Å². The first-order valence-corrected chi connectivity index (χ1v) is 7.67. The molecule has 0 bridgehead atoms. The van der Waals surface area contributed by atoms with E-state index < -0.39 is 0 Å². The molecule has 2 N–H and O–H groups in total. The van der Waals surface area contributed by atoms with Gasteiger partial charge in [-0.25, -0.2) is 9.07 Å². The molecule has 2 aromatic rings. The van der Waals surface area contributed by atoms with Crippen molar-refractivity contribution in [2.75, 3.05) is 5.73 Å². The van der Waals surface area contributed by atoms with Crippen molar-refractivity contribution >= 4 is 17.4 Å². The van der Waals surface area contributed by atoms with Crippen molar-refractivity contribution in [2.24, 2.45) is 0 Å². The number of thioether (sulfide) groups is 1. The molecule has 0 spiro atoms. The zero-order valence-corrected chi connectivity index (χ0v) is 11.8. The molecule has 7 heteroatoms. The third kappa shape index (κ3) is 2.77. The number of halogens is 1. The van der Waals surface area contributed by atoms with E-state index in [4.69, 9.17) is 5.73 Å². The van der Waals surface area contributed by atoms with E-state index in [9.17, 15) is 4.39 Å². The number of hydrogen-bond acceptors (Lipinski definition) is 5. The fraction of sp³-hybridized carbons (Fsp3) is 0.462. The SMILES string of the molecule is Nc1ccc(CSc2nnnn2C2CCCC2)c(F)c1. The summed E-state index contributed by atoms with van der Waals surface area (Å²) in [4.78, 5) is 0. The van der Waals surface area contributed by atoms with Crippen molar-refractivity contribution in [1.82, 2.24) is 20.2 Å². The van der Waals surface area contributed by atoms with Gasteiger partial charge in [-0.15, -0.1) is 5.10 Å². The van der Waals surface area contributed by atoms with Crippen molar-refractivity contribution in [3.8, 4) is 0 Å². The van der Waals surface area contributed by atoms with Crippen LogP contribution in [0.3, 0.4) is 0 Å². The number of nitrogens with two attached hydrogens (primary N) is 1. The maximum absolute atomic E-state index is 13.7. The van der Waals surface area contributed by atoms with Crippen LogP contribution < -0.4 is 5.73 Å². The lowest BCUT2D eigenvalue weighted by molar-refractivity contribution is 0.423. The Hall–Kier alpha value is -1.63. The molecule has 0 unspecified atom stereocenters. The van der Waals surface area contributed by atoms with E-state index in [1.54, 1.807) is 12.1 Å². The number of tetrazole rings is 1. The Balaban J connectivity index is 1.70. The van der Waals surface area contributed by atoms with Crippen LogP contribution in [0.25, 0.3) is 0 Å². The third-order valence-corrected chi connectivity index (χ3v) is 4.55. The monoisotopic (exact) mass is 293 g/mol. The molecular formula is C13H16FN5S. The van der Waals surface area contributed by atoms with Gasteiger partial charge < -0.3 is 5.73 Å². The molecule has 1 aromatic carbocycles. The van der Waals surface area contributed by atoms with Gasteiger partial charge in [-0.3, -0.25) is 0 Å². The first-order chi connectivity index (χ1) is 9.74. The summed E-state index contributed by atoms with van der Waals surface area (Å²) in [6, 6.07) is 5.15. The predicted molar refractivity (Wildman–Crippen MR) is 75.7 cm³/mol. The summed E-state index contributed by atoms with van der Waals surface area (Å²) >= 11 is 1.46. The molecule has 1 saturated carbocycles. The maximum Gasteiger partial charge on any atom is 0.209 e. The minimum absolute atomic E-state index is 0.280. The van der Waals surface area contributed by atoms with Gasteiger partial charge in [0.2, 0.25) is 5.16 Å². The molecule has 0 radical (unpaired) electrons. The molecule has 1 aromatic heterocycles. The van der Waals surface area contributed by atoms with Gasteiger partial charge in [0.25, 0.3) is 0 Å². The average molecular weight is 293 g/mol. The van der Waals surface area contributed by atoms with Crippen LogP contribution in [-0.4, -0.2) is 20.2 Å². The second-order valence-electron chi connectivity index (χ2n) is 4.98. The Bertz CT molecular complexity index is 594. The van der Waals surface area contributed by atoms with Gasteiger partial charge in [-0.1, -0.05) is 30.7 Å². The van der Waals surface area contributed by atoms with Gasteiger partial charge in [0.15, 0.2) is 0 Å². The minimum Gasteiger partial charge on any atom is -0.399 e. The molecule has 106 valence electrons. The first-order valence-electron chi connectivity index (χ1n) is 6.68. The Morgan fingerprint density at radius 2 is 2.15 bits per heavy atom. The van der Waals surface area contributed by atoms with Crippen LogP contribution in [0.15, 0.2) is 23.4 Å². The van der Waals surface area contributed by atoms with E-state index >= 15 is 0 Å². The van der Waals surface area contributed by atoms with E-state index in [-0.39, 0.29) is 5.82 Å². The number of anilines is 1. The van der Waals surface area contributed by atoms with Crippen LogP contribution in [0.1, 0.15) is 37.3 Å². The lowest BCUT2D eigenvalue weighted by atomic mass is 10.2. The van der Waals surface area contributed by atoms with Crippen LogP contribution in [0.2, 0.25) is 0 Å². The van der Waals surface area contributed by atoms with Crippen molar-refractivity contribution in [3.05, 3.63) is 29.6 Å². The zero-order valence-electron chi connectivity index (χ0n) is 11.0. The molecular weight excluding hydrogens is 277 g/mol. The largest absolute Gasteiger partial charge is 0.399 e. The quantitative estimate of drug-likeness (QED) is 0.693. The molecule has 20 heavy (non-hydrogen) atoms. The van der Waals surface area contributed by atoms with Gasteiger partial charge in [-0.05, 0) is 41.0 Å². The Kier molecular flexibility index (Phi) is 3.86. The predicted octanol–water partition coefficient (Wildman–Crippen LogP) is 2.80. The molecule has 0 atom stereocenters. The van der Waals surface area contributed by atoms with E-state index in [1.807, 2.05) is 4.68 Å². The number of benzene rings is 1. The minimum atomic E-state index is -0.280. The average Bonchev–Trinajstić information content (AvgIpc) is 3.08. The molecule has 0 amide bonds. The maximum atomic E-state index is 13.7. The highest BCUT2D eigenvalue weighted by molar-refractivity contribution is 7.98. The number of hydrogen-bond donors (Lipinski definition) is 1. The standard InChI is InChI=1S/C13H16FN5S/c14-12-7-10(15)6-5-9(12)8-20-13-16-17-18-19(13)11-3-1-2-4-11/h5-7,11H,1-4,8,15H2. The Morgan fingerprint density at radius 1 is 1.35 bits per heavy atom. The van der Waals surface area contributed by atoms with E-state index in [0.717, 1.165) is 18.0 Å². The molecule has 1 heterocycles. The van der Waals surface area contributed by atoms with Crippen molar-refractivity contribution in [3.63, 3.8) is 0 Å². The molecule has 1 aliphatic carbocycles. The summed E-state index contributed by atoms with van der Waals surface area (Å²) in [6.07, 6.45) is 4.69. The second kappa shape index (κ2) is 5.78. The lowest BCUT2D eigenvalue weighted by Gasteiger charge is -2.10. The smallest absolute Gasteiger partial charge is 0.209 e. The van der Waals surface area contributed by atoms with Crippen molar-refractivity contribution < 1.29 is 4.39 Å². The number of nitrogens with zero attached hydrogens (tertiary/aromatic N) is 4. The highest BCUT2D eigenvalue weighted by atomic mass is 32.2. The molecule has 0 aliphatic heterocycles. The highest BCUT2D eigenvalue weighted by Gasteiger charge is 2.21. The molecule has 0 saturated heterocycles. The van der Waals surface area contributed by atoms with Crippen LogP contribution in [0.4, 0.5) is 10.1 Å². The lowest BCUT2D eigenvalue weighted by Crippen LogP contribution is -2.08. The van der Waals surface area contributed by atoms with Gasteiger partial charge in [0.05, 0.1) is 6.04 Å². The fourth-order valence-corrected chi connectivity index (χ4v) is 3.41. The summed E-state index contributed by atoms with van der Waals surface area (Å²) < 4.78 is 15.6. The van der Waals surface area contributed by atoms with E-state index in [1.165, 1.54) is 30.7 Å². The van der Waals surface area contributed by atoms with Gasteiger partial charge in [0, 0.05) is 11.4 Å². The van der Waals surface area contributed by atoms with E-state index in [0.29, 0.717) is 23.0 Å². The van der Waals surface area contributed by atoms with Crippen molar-refractivity contribution in [1.29, 1.82) is 0 Å². The number of rotatable bonds is 4. The summed E-state index contributed by atoms with van der Waals surface area (Å²) in [6.45, 7) is 0. The molecule has 1 aliphatic rings. The summed E-state index contributed by atoms with van der Waals surface area (Å²) in [5.74, 6) is 0.219. The normalized spacial score (nSPS) is 15.8. The second-order valence-corrected chi connectivity index (χ2v) is 5.93. The summed E-state index contributed by atoms with van der Waals surface area (Å²) in [5.41, 5.74) is 6.59. The Morgan fingerprint density at radius 3 is 2.90 bits per heavy atom. The van der Waals surface area contributed by atoms with Gasteiger partial charge in [-0.2, -0.15) is 0 Å². The van der Waals surface area contributed by atoms with Crippen LogP contribution in [0, 0.1) is 5.82 Å². The fourth-order valence-electron chi connectivity index (χ4n) is 2.48.